The molecule has 2 aromatic carbocycles. The van der Waals surface area contributed by atoms with E-state index in [2.05, 4.69) is 28.2 Å². The van der Waals surface area contributed by atoms with E-state index in [4.69, 9.17) is 0 Å². The van der Waals surface area contributed by atoms with Gasteiger partial charge >= 0.3 is 0 Å². The van der Waals surface area contributed by atoms with Gasteiger partial charge in [-0.3, -0.25) is 4.79 Å². The van der Waals surface area contributed by atoms with Gasteiger partial charge in [-0.2, -0.15) is 0 Å². The summed E-state index contributed by atoms with van der Waals surface area (Å²) in [5.74, 6) is -0.122. The Balaban J connectivity index is 1.61. The number of amides is 1. The van der Waals surface area contributed by atoms with Crippen LogP contribution in [-0.2, 0) is 14.8 Å². The van der Waals surface area contributed by atoms with Gasteiger partial charge in [0.1, 0.15) is 0 Å². The lowest BCUT2D eigenvalue weighted by Gasteiger charge is -2.23. The molecule has 28 heavy (non-hydrogen) atoms. The standard InChI is InChI=1S/C21H25N3O3S/c1-16-8-9-19(14-20(16)28(26,27)22-2)23-21(25)15-24-12-10-18(11-13-24)17-6-4-3-5-7-17/h3-10,14,22H,11-13,15H2,1-2H3,(H,23,25)/p+1. The smallest absolute Gasteiger partial charge is 0.279 e. The molecule has 2 aromatic rings. The third kappa shape index (κ3) is 4.86. The van der Waals surface area contributed by atoms with E-state index in [0.29, 0.717) is 17.8 Å². The van der Waals surface area contributed by atoms with Crippen LogP contribution in [0.3, 0.4) is 0 Å². The van der Waals surface area contributed by atoms with Crippen LogP contribution in [0.4, 0.5) is 5.69 Å². The van der Waals surface area contributed by atoms with E-state index in [-0.39, 0.29) is 10.8 Å². The molecular weight excluding hydrogens is 374 g/mol. The third-order valence-electron chi connectivity index (χ3n) is 4.97. The van der Waals surface area contributed by atoms with E-state index in [1.54, 1.807) is 19.1 Å². The lowest BCUT2D eigenvalue weighted by Crippen LogP contribution is -3.13. The van der Waals surface area contributed by atoms with Crippen LogP contribution in [0.5, 0.6) is 0 Å². The van der Waals surface area contributed by atoms with Crippen molar-refractivity contribution in [2.24, 2.45) is 0 Å². The zero-order valence-corrected chi connectivity index (χ0v) is 17.0. The van der Waals surface area contributed by atoms with Gasteiger partial charge in [0.25, 0.3) is 5.91 Å². The average molecular weight is 401 g/mol. The molecule has 0 bridgehead atoms. The lowest BCUT2D eigenvalue weighted by molar-refractivity contribution is -0.886. The fourth-order valence-corrected chi connectivity index (χ4v) is 4.36. The molecule has 0 radical (unpaired) electrons. The SMILES string of the molecule is CNS(=O)(=O)c1cc(NC(=O)C[NH+]2CC=C(c3ccccc3)CC2)ccc1C. The van der Waals surface area contributed by atoms with Crippen LogP contribution >= 0.6 is 0 Å². The van der Waals surface area contributed by atoms with Gasteiger partial charge in [0.05, 0.1) is 18.0 Å². The second-order valence-corrected chi connectivity index (χ2v) is 8.82. The second kappa shape index (κ2) is 8.68. The Morgan fingerprint density at radius 3 is 2.54 bits per heavy atom. The van der Waals surface area contributed by atoms with Crippen LogP contribution in [0.1, 0.15) is 17.5 Å². The summed E-state index contributed by atoms with van der Waals surface area (Å²) < 4.78 is 26.5. The number of hydrogen-bond donors (Lipinski definition) is 3. The van der Waals surface area contributed by atoms with E-state index >= 15 is 0 Å². The molecule has 0 fully saturated rings. The quantitative estimate of drug-likeness (QED) is 0.682. The maximum Gasteiger partial charge on any atom is 0.279 e. The summed E-state index contributed by atoms with van der Waals surface area (Å²) in [7, 11) is -2.19. The van der Waals surface area contributed by atoms with Crippen molar-refractivity contribution >= 4 is 27.2 Å². The normalized spacial score (nSPS) is 17.1. The van der Waals surface area contributed by atoms with Gasteiger partial charge in [0.2, 0.25) is 10.0 Å². The van der Waals surface area contributed by atoms with Gasteiger partial charge in [-0.25, -0.2) is 13.1 Å². The number of anilines is 1. The number of benzene rings is 2. The molecule has 0 spiro atoms. The Morgan fingerprint density at radius 1 is 1.14 bits per heavy atom. The molecule has 3 rings (SSSR count). The van der Waals surface area contributed by atoms with Gasteiger partial charge in [0, 0.05) is 12.1 Å². The van der Waals surface area contributed by atoms with Crippen molar-refractivity contribution in [3.05, 3.63) is 65.7 Å². The molecule has 1 atom stereocenters. The van der Waals surface area contributed by atoms with Gasteiger partial charge < -0.3 is 10.2 Å². The first-order valence-corrected chi connectivity index (χ1v) is 10.8. The first-order chi connectivity index (χ1) is 13.4. The van der Waals surface area contributed by atoms with Gasteiger partial charge in [-0.15, -0.1) is 0 Å². The van der Waals surface area contributed by atoms with E-state index < -0.39 is 10.0 Å². The minimum atomic E-state index is -3.56. The maximum absolute atomic E-state index is 12.4. The van der Waals surface area contributed by atoms with E-state index in [0.717, 1.165) is 19.5 Å². The monoisotopic (exact) mass is 400 g/mol. The molecule has 148 valence electrons. The fraction of sp³-hybridized carbons (Fsp3) is 0.286. The summed E-state index contributed by atoms with van der Waals surface area (Å²) in [5.41, 5.74) is 3.68. The molecule has 0 saturated heterocycles. The molecule has 6 nitrogen and oxygen atoms in total. The lowest BCUT2D eigenvalue weighted by atomic mass is 10.00. The predicted molar refractivity (Wildman–Crippen MR) is 111 cm³/mol. The molecule has 0 saturated carbocycles. The van der Waals surface area contributed by atoms with Crippen LogP contribution in [0.2, 0.25) is 0 Å². The Kier molecular flexibility index (Phi) is 6.28. The number of aryl methyl sites for hydroxylation is 1. The molecule has 1 heterocycles. The first-order valence-electron chi connectivity index (χ1n) is 9.31. The summed E-state index contributed by atoms with van der Waals surface area (Å²) in [5, 5.41) is 2.82. The molecule has 1 unspecified atom stereocenters. The van der Waals surface area contributed by atoms with Crippen molar-refractivity contribution in [3.8, 4) is 0 Å². The number of sulfonamides is 1. The summed E-state index contributed by atoms with van der Waals surface area (Å²) >= 11 is 0. The van der Waals surface area contributed by atoms with Crippen LogP contribution in [0.25, 0.3) is 5.57 Å². The van der Waals surface area contributed by atoms with Gasteiger partial charge in [-0.05, 0) is 48.9 Å². The van der Waals surface area contributed by atoms with Crippen molar-refractivity contribution in [1.82, 2.24) is 4.72 Å². The van der Waals surface area contributed by atoms with Gasteiger partial charge in [0.15, 0.2) is 6.54 Å². The predicted octanol–water partition coefficient (Wildman–Crippen LogP) is 1.21. The molecule has 7 heteroatoms. The number of rotatable bonds is 6. The number of nitrogens with one attached hydrogen (secondary N) is 3. The van der Waals surface area contributed by atoms with E-state index in [1.165, 1.54) is 29.2 Å². The molecule has 1 aliphatic heterocycles. The van der Waals surface area contributed by atoms with Crippen LogP contribution < -0.4 is 14.9 Å². The highest BCUT2D eigenvalue weighted by Crippen LogP contribution is 2.20. The van der Waals surface area contributed by atoms with Crippen molar-refractivity contribution < 1.29 is 18.1 Å². The average Bonchev–Trinajstić information content (AvgIpc) is 2.70. The molecule has 1 amide bonds. The molecule has 0 aromatic heterocycles. The summed E-state index contributed by atoms with van der Waals surface area (Å²) in [6.45, 7) is 3.76. The minimum Gasteiger partial charge on any atom is -0.324 e. The van der Waals surface area contributed by atoms with Crippen molar-refractivity contribution in [2.45, 2.75) is 18.2 Å². The van der Waals surface area contributed by atoms with Crippen molar-refractivity contribution in [3.63, 3.8) is 0 Å². The number of carbonyl (C=O) groups is 1. The summed E-state index contributed by atoms with van der Waals surface area (Å²) in [6.07, 6.45) is 3.13. The Labute approximate surface area is 166 Å². The highest BCUT2D eigenvalue weighted by molar-refractivity contribution is 7.89. The summed E-state index contributed by atoms with van der Waals surface area (Å²) in [6, 6.07) is 15.2. The zero-order chi connectivity index (χ0) is 20.1. The number of carbonyl (C=O) groups excluding carboxylic acids is 1. The van der Waals surface area contributed by atoms with Crippen LogP contribution in [-0.4, -0.2) is 41.0 Å². The maximum atomic E-state index is 12.4. The largest absolute Gasteiger partial charge is 0.324 e. The van der Waals surface area contributed by atoms with E-state index in [9.17, 15) is 13.2 Å². The van der Waals surface area contributed by atoms with Gasteiger partial charge in [-0.1, -0.05) is 36.4 Å². The highest BCUT2D eigenvalue weighted by atomic mass is 32.2. The topological polar surface area (TPSA) is 79.7 Å². The third-order valence-corrected chi connectivity index (χ3v) is 6.53. The molecule has 3 N–H and O–H groups in total. The number of quaternary nitrogens is 1. The Morgan fingerprint density at radius 2 is 1.89 bits per heavy atom. The Hall–Kier alpha value is -2.48. The highest BCUT2D eigenvalue weighted by Gasteiger charge is 2.20. The van der Waals surface area contributed by atoms with Crippen LogP contribution in [0.15, 0.2) is 59.5 Å². The molecule has 1 aliphatic rings. The van der Waals surface area contributed by atoms with Crippen molar-refractivity contribution in [2.75, 3.05) is 32.0 Å². The Bertz CT molecular complexity index is 985. The second-order valence-electron chi connectivity index (χ2n) is 6.96. The zero-order valence-electron chi connectivity index (χ0n) is 16.2. The van der Waals surface area contributed by atoms with E-state index in [1.807, 2.05) is 18.2 Å². The molecule has 0 aliphatic carbocycles. The fourth-order valence-electron chi connectivity index (χ4n) is 3.37. The molecular formula is C21H26N3O3S+. The minimum absolute atomic E-state index is 0.122. The first kappa shape index (κ1) is 20.3. The van der Waals surface area contributed by atoms with Crippen LogP contribution in [0, 0.1) is 6.92 Å². The van der Waals surface area contributed by atoms with Crippen molar-refractivity contribution in [1.29, 1.82) is 0 Å². The summed E-state index contributed by atoms with van der Waals surface area (Å²) in [4.78, 5) is 13.8. The number of hydrogen-bond acceptors (Lipinski definition) is 3.